The molecule has 1 aliphatic rings. The summed E-state index contributed by atoms with van der Waals surface area (Å²) < 4.78 is 39.5. The van der Waals surface area contributed by atoms with E-state index in [-0.39, 0.29) is 40.6 Å². The van der Waals surface area contributed by atoms with E-state index in [9.17, 15) is 14.7 Å². The van der Waals surface area contributed by atoms with E-state index in [0.717, 1.165) is 11.8 Å². The van der Waals surface area contributed by atoms with E-state index >= 15 is 4.39 Å². The third kappa shape index (κ3) is 8.33. The maximum absolute atomic E-state index is 15.6. The first-order valence-corrected chi connectivity index (χ1v) is 16.7. The molecule has 18 heteroatoms. The molecule has 0 aromatic carbocycles. The first-order valence-electron chi connectivity index (χ1n) is 12.6. The average molecular weight is 657 g/mol. The zero-order valence-corrected chi connectivity index (χ0v) is 26.7. The highest BCUT2D eigenvalue weighted by Gasteiger charge is 2.58. The monoisotopic (exact) mass is 656 g/mol. The maximum atomic E-state index is 15.6. The van der Waals surface area contributed by atoms with Gasteiger partial charge in [0.1, 0.15) is 30.1 Å². The summed E-state index contributed by atoms with van der Waals surface area (Å²) in [5.74, 6) is -0.251. The SMILES string of the molecule is CC(C)OC(=O)[C@H](C)N[P@@](=S)(OCCSC(=O)C(C)(C)C)OC[C@H]1O[C@@H](n2cnc3c(N)ncnc32)[C@](F)(Cl)[C@@H]1O. The molecular weight excluding hydrogens is 622 g/mol. The third-order valence-electron chi connectivity index (χ3n) is 5.68. The van der Waals surface area contributed by atoms with Gasteiger partial charge in [0.15, 0.2) is 22.8 Å². The molecule has 3 heterocycles. The number of nitrogens with one attached hydrogen (secondary N) is 1. The maximum Gasteiger partial charge on any atom is 0.323 e. The molecule has 0 radical (unpaired) electrons. The number of fused-ring (bicyclic) bond motifs is 1. The van der Waals surface area contributed by atoms with Crippen LogP contribution in [0, 0.1) is 5.41 Å². The second kappa shape index (κ2) is 13.4. The van der Waals surface area contributed by atoms with Gasteiger partial charge in [0.05, 0.1) is 25.6 Å². The van der Waals surface area contributed by atoms with Gasteiger partial charge in [-0.25, -0.2) is 24.4 Å². The fourth-order valence-corrected chi connectivity index (χ4v) is 7.13. The van der Waals surface area contributed by atoms with Crippen LogP contribution in [-0.4, -0.2) is 84.2 Å². The summed E-state index contributed by atoms with van der Waals surface area (Å²) in [6.45, 7) is 6.41. The number of ether oxygens (including phenoxy) is 2. The minimum atomic E-state index is -3.47. The summed E-state index contributed by atoms with van der Waals surface area (Å²) >= 11 is 12.8. The average Bonchev–Trinajstić information content (AvgIpc) is 3.38. The number of halogens is 2. The largest absolute Gasteiger partial charge is 0.462 e. The molecule has 2 aromatic heterocycles. The fourth-order valence-electron chi connectivity index (χ4n) is 3.56. The third-order valence-corrected chi connectivity index (χ3v) is 9.99. The molecule has 41 heavy (non-hydrogen) atoms. The van der Waals surface area contributed by atoms with Crippen molar-refractivity contribution in [2.24, 2.45) is 5.41 Å². The van der Waals surface area contributed by atoms with Crippen LogP contribution in [0.5, 0.6) is 0 Å². The number of thioether (sulfide) groups is 1. The molecule has 6 atom stereocenters. The number of alkyl halides is 2. The Balaban J connectivity index is 1.74. The van der Waals surface area contributed by atoms with Crippen molar-refractivity contribution in [3.63, 3.8) is 0 Å². The number of hydrogen-bond acceptors (Lipinski definition) is 13. The normalized spacial score (nSPS) is 25.4. The Bertz CT molecular complexity index is 1300. The molecule has 3 rings (SSSR count). The minimum absolute atomic E-state index is 0.00409. The number of carbonyl (C=O) groups is 2. The van der Waals surface area contributed by atoms with Gasteiger partial charge < -0.3 is 29.4 Å². The van der Waals surface area contributed by atoms with Crippen LogP contribution in [0.25, 0.3) is 11.2 Å². The van der Waals surface area contributed by atoms with Gasteiger partial charge in [-0.05, 0) is 32.6 Å². The molecule has 0 amide bonds. The predicted octanol–water partition coefficient (Wildman–Crippen LogP) is 3.06. The molecule has 0 bridgehead atoms. The smallest absolute Gasteiger partial charge is 0.323 e. The highest BCUT2D eigenvalue weighted by molar-refractivity contribution is 8.13. The standard InChI is InChI=1S/C23H35ClFN6O7PS2/c1-12(2)37-19(33)13(3)30-39(40,35-7-8-41-21(34)22(4,5)6)36-9-14-16(32)23(24,25)20(38-14)31-11-29-15-17(26)27-10-28-18(15)31/h10-14,16,20,32H,7-9H2,1-6H3,(H,30,40)(H2,26,27,28)/t13-,14+,16+,20+,23-,39+/m0/s1. The summed E-state index contributed by atoms with van der Waals surface area (Å²) in [6.07, 6.45) is -2.70. The summed E-state index contributed by atoms with van der Waals surface area (Å²) in [5, 5.41) is 10.7. The molecule has 0 saturated carbocycles. The summed E-state index contributed by atoms with van der Waals surface area (Å²) in [7, 11) is 0. The number of anilines is 1. The van der Waals surface area contributed by atoms with Crippen LogP contribution >= 0.6 is 30.0 Å². The molecule has 0 aliphatic carbocycles. The fraction of sp³-hybridized carbons (Fsp3) is 0.696. The number of imidazole rings is 1. The first kappa shape index (κ1) is 34.0. The van der Waals surface area contributed by atoms with Crippen molar-refractivity contribution < 1.29 is 37.6 Å². The Morgan fingerprint density at radius 2 is 2.02 bits per heavy atom. The first-order chi connectivity index (χ1) is 19.0. The number of aromatic nitrogens is 4. The number of aliphatic hydroxyl groups excluding tert-OH is 1. The number of nitrogens with two attached hydrogens (primary N) is 1. The molecule has 13 nitrogen and oxygen atoms in total. The van der Waals surface area contributed by atoms with Crippen molar-refractivity contribution >= 4 is 69.9 Å². The molecular formula is C23H35ClFN6O7PS2. The Labute approximate surface area is 251 Å². The molecule has 1 aliphatic heterocycles. The number of hydrogen-bond donors (Lipinski definition) is 3. The zero-order chi connectivity index (χ0) is 30.8. The highest BCUT2D eigenvalue weighted by atomic mass is 35.5. The molecule has 230 valence electrons. The Hall–Kier alpha value is -1.49. The van der Waals surface area contributed by atoms with Crippen molar-refractivity contribution in [1.82, 2.24) is 24.6 Å². The lowest BCUT2D eigenvalue weighted by molar-refractivity contribution is -0.149. The number of nitrogen functional groups attached to an aromatic ring is 1. The molecule has 0 spiro atoms. The van der Waals surface area contributed by atoms with Crippen LogP contribution in [0.2, 0.25) is 0 Å². The van der Waals surface area contributed by atoms with E-state index in [4.69, 9.17) is 47.7 Å². The highest BCUT2D eigenvalue weighted by Crippen LogP contribution is 2.49. The lowest BCUT2D eigenvalue weighted by Gasteiger charge is -2.28. The quantitative estimate of drug-likeness (QED) is 0.132. The van der Waals surface area contributed by atoms with Gasteiger partial charge in [0.2, 0.25) is 0 Å². The zero-order valence-electron chi connectivity index (χ0n) is 23.4. The van der Waals surface area contributed by atoms with Gasteiger partial charge in [-0.1, -0.05) is 44.1 Å². The molecule has 1 fully saturated rings. The van der Waals surface area contributed by atoms with Crippen molar-refractivity contribution in [2.75, 3.05) is 24.7 Å². The number of carbonyl (C=O) groups excluding carboxylic acids is 2. The van der Waals surface area contributed by atoms with E-state index in [2.05, 4.69) is 20.0 Å². The van der Waals surface area contributed by atoms with E-state index < -0.39 is 54.2 Å². The molecule has 2 aromatic rings. The van der Waals surface area contributed by atoms with Crippen molar-refractivity contribution in [3.05, 3.63) is 12.7 Å². The molecule has 4 N–H and O–H groups in total. The van der Waals surface area contributed by atoms with Gasteiger partial charge in [0.25, 0.3) is 11.8 Å². The van der Waals surface area contributed by atoms with Crippen molar-refractivity contribution in [3.8, 4) is 0 Å². The van der Waals surface area contributed by atoms with Crippen LogP contribution in [0.3, 0.4) is 0 Å². The number of rotatable bonds is 12. The van der Waals surface area contributed by atoms with Gasteiger partial charge in [0, 0.05) is 11.2 Å². The van der Waals surface area contributed by atoms with Crippen LogP contribution in [0.4, 0.5) is 10.2 Å². The van der Waals surface area contributed by atoms with Crippen LogP contribution in [-0.2, 0) is 39.9 Å². The van der Waals surface area contributed by atoms with Gasteiger partial charge in [-0.3, -0.25) is 14.2 Å². The van der Waals surface area contributed by atoms with Crippen LogP contribution in [0.1, 0.15) is 47.8 Å². The number of aliphatic hydroxyl groups is 1. The van der Waals surface area contributed by atoms with E-state index in [1.165, 1.54) is 24.1 Å². The Morgan fingerprint density at radius 3 is 2.66 bits per heavy atom. The summed E-state index contributed by atoms with van der Waals surface area (Å²) in [4.78, 5) is 36.7. The summed E-state index contributed by atoms with van der Waals surface area (Å²) in [6, 6.07) is -0.926. The second-order valence-electron chi connectivity index (χ2n) is 10.6. The van der Waals surface area contributed by atoms with E-state index in [0.29, 0.717) is 0 Å². The number of esters is 1. The molecule has 1 saturated heterocycles. The van der Waals surface area contributed by atoms with Crippen LogP contribution < -0.4 is 10.8 Å². The molecule has 0 unspecified atom stereocenters. The summed E-state index contributed by atoms with van der Waals surface area (Å²) in [5.41, 5.74) is 5.63. The minimum Gasteiger partial charge on any atom is -0.462 e. The van der Waals surface area contributed by atoms with E-state index in [1.807, 2.05) is 0 Å². The van der Waals surface area contributed by atoms with Crippen molar-refractivity contribution in [1.29, 1.82) is 0 Å². The van der Waals surface area contributed by atoms with Crippen LogP contribution in [0.15, 0.2) is 12.7 Å². The Morgan fingerprint density at radius 1 is 1.34 bits per heavy atom. The van der Waals surface area contributed by atoms with E-state index in [1.54, 1.807) is 34.6 Å². The second-order valence-corrected chi connectivity index (χ2v) is 15.4. The van der Waals surface area contributed by atoms with Crippen molar-refractivity contribution in [2.45, 2.75) is 77.3 Å². The topological polar surface area (TPSA) is 173 Å². The number of nitrogens with zero attached hydrogens (tertiary/aromatic N) is 4. The van der Waals surface area contributed by atoms with Gasteiger partial charge >= 0.3 is 5.97 Å². The lowest BCUT2D eigenvalue weighted by atomic mass is 10.00. The van der Waals surface area contributed by atoms with Gasteiger partial charge in [-0.2, -0.15) is 0 Å². The Kier molecular flexibility index (Phi) is 11.1. The lowest BCUT2D eigenvalue weighted by Crippen LogP contribution is -2.39. The predicted molar refractivity (Wildman–Crippen MR) is 156 cm³/mol. The van der Waals surface area contributed by atoms with Gasteiger partial charge in [-0.15, -0.1) is 0 Å².